The zero-order valence-corrected chi connectivity index (χ0v) is 15.8. The van der Waals surface area contributed by atoms with Gasteiger partial charge in [0.2, 0.25) is 11.8 Å². The molecule has 2 heterocycles. The van der Waals surface area contributed by atoms with Gasteiger partial charge in [-0.25, -0.2) is 4.39 Å². The summed E-state index contributed by atoms with van der Waals surface area (Å²) in [7, 11) is 0. The summed E-state index contributed by atoms with van der Waals surface area (Å²) in [6, 6.07) is 12.0. The van der Waals surface area contributed by atoms with Crippen LogP contribution in [0.5, 0.6) is 0 Å². The maximum absolute atomic E-state index is 13.0. The number of nitrogens with one attached hydrogen (secondary N) is 1. The first kappa shape index (κ1) is 19.8. The van der Waals surface area contributed by atoms with Crippen LogP contribution in [0.3, 0.4) is 0 Å². The van der Waals surface area contributed by atoms with Crippen molar-refractivity contribution >= 4 is 17.5 Å². The number of rotatable bonds is 7. The van der Waals surface area contributed by atoms with Gasteiger partial charge in [0, 0.05) is 50.9 Å². The van der Waals surface area contributed by atoms with Crippen LogP contribution in [0.1, 0.15) is 25.0 Å². The van der Waals surface area contributed by atoms with E-state index in [1.54, 1.807) is 18.3 Å². The van der Waals surface area contributed by atoms with E-state index >= 15 is 0 Å². The molecule has 2 aromatic rings. The molecule has 6 nitrogen and oxygen atoms in total. The Labute approximate surface area is 164 Å². The van der Waals surface area contributed by atoms with Crippen LogP contribution in [0, 0.1) is 5.82 Å². The van der Waals surface area contributed by atoms with Gasteiger partial charge < -0.3 is 15.1 Å². The van der Waals surface area contributed by atoms with E-state index in [1.165, 1.54) is 12.1 Å². The van der Waals surface area contributed by atoms with E-state index in [-0.39, 0.29) is 17.6 Å². The number of carbonyl (C=O) groups is 2. The van der Waals surface area contributed by atoms with Crippen LogP contribution < -0.4 is 10.2 Å². The van der Waals surface area contributed by atoms with Gasteiger partial charge in [-0.15, -0.1) is 0 Å². The zero-order chi connectivity index (χ0) is 19.8. The topological polar surface area (TPSA) is 65.5 Å². The van der Waals surface area contributed by atoms with Crippen molar-refractivity contribution in [2.45, 2.75) is 25.8 Å². The third-order valence-electron chi connectivity index (χ3n) is 4.81. The van der Waals surface area contributed by atoms with Crippen molar-refractivity contribution in [3.8, 4) is 0 Å². The Morgan fingerprint density at radius 3 is 2.43 bits per heavy atom. The highest BCUT2D eigenvalue weighted by atomic mass is 19.1. The number of anilines is 1. The number of hydrogen-bond acceptors (Lipinski definition) is 4. The smallest absolute Gasteiger partial charge is 0.222 e. The molecule has 7 heteroatoms. The summed E-state index contributed by atoms with van der Waals surface area (Å²) in [5.74, 6) is -0.238. The molecule has 0 aliphatic carbocycles. The third kappa shape index (κ3) is 5.77. The minimum Gasteiger partial charge on any atom is -0.368 e. The standard InChI is InChI=1S/C21H25FN4O2/c22-17-7-9-19(10-8-17)25-12-14-26(15-13-25)21(28)6-3-5-20(27)24-16-18-4-1-2-11-23-18/h1-2,4,7-11H,3,5-6,12-16H2,(H,24,27). The SMILES string of the molecule is O=C(CCCC(=O)N1CCN(c2ccc(F)cc2)CC1)NCc1ccccn1. The lowest BCUT2D eigenvalue weighted by Gasteiger charge is -2.36. The predicted molar refractivity (Wildman–Crippen MR) is 105 cm³/mol. The molecule has 2 amide bonds. The summed E-state index contributed by atoms with van der Waals surface area (Å²) in [4.78, 5) is 32.4. The maximum atomic E-state index is 13.0. The number of piperazine rings is 1. The van der Waals surface area contributed by atoms with Crippen LogP contribution in [-0.2, 0) is 16.1 Å². The number of nitrogens with zero attached hydrogens (tertiary/aromatic N) is 3. The second-order valence-corrected chi connectivity index (χ2v) is 6.80. The Hall–Kier alpha value is -2.96. The van der Waals surface area contributed by atoms with E-state index in [1.807, 2.05) is 23.1 Å². The van der Waals surface area contributed by atoms with Crippen LogP contribution in [-0.4, -0.2) is 47.9 Å². The van der Waals surface area contributed by atoms with Gasteiger partial charge in [-0.05, 0) is 42.8 Å². The second-order valence-electron chi connectivity index (χ2n) is 6.80. The highest BCUT2D eigenvalue weighted by Gasteiger charge is 2.21. The third-order valence-corrected chi connectivity index (χ3v) is 4.81. The first-order chi connectivity index (χ1) is 13.6. The number of halogens is 1. The van der Waals surface area contributed by atoms with Gasteiger partial charge in [0.15, 0.2) is 0 Å². The van der Waals surface area contributed by atoms with Crippen molar-refractivity contribution in [1.82, 2.24) is 15.2 Å². The molecule has 3 rings (SSSR count). The molecule has 1 aliphatic rings. The highest BCUT2D eigenvalue weighted by molar-refractivity contribution is 5.79. The molecule has 1 aliphatic heterocycles. The average Bonchev–Trinajstić information content (AvgIpc) is 2.73. The first-order valence-corrected chi connectivity index (χ1v) is 9.57. The Balaban J connectivity index is 1.33. The molecular weight excluding hydrogens is 359 g/mol. The monoisotopic (exact) mass is 384 g/mol. The number of benzene rings is 1. The fourth-order valence-corrected chi connectivity index (χ4v) is 3.20. The minimum absolute atomic E-state index is 0.0698. The minimum atomic E-state index is -0.248. The van der Waals surface area contributed by atoms with Gasteiger partial charge in [-0.3, -0.25) is 14.6 Å². The molecule has 0 radical (unpaired) electrons. The fraction of sp³-hybridized carbons (Fsp3) is 0.381. The Morgan fingerprint density at radius 1 is 1.00 bits per heavy atom. The molecule has 0 saturated carbocycles. The lowest BCUT2D eigenvalue weighted by Crippen LogP contribution is -2.48. The van der Waals surface area contributed by atoms with E-state index in [0.29, 0.717) is 38.9 Å². The summed E-state index contributed by atoms with van der Waals surface area (Å²) < 4.78 is 13.0. The quantitative estimate of drug-likeness (QED) is 0.796. The molecule has 28 heavy (non-hydrogen) atoms. The van der Waals surface area contributed by atoms with E-state index in [4.69, 9.17) is 0 Å². The molecule has 1 N–H and O–H groups in total. The van der Waals surface area contributed by atoms with E-state index < -0.39 is 0 Å². The molecule has 0 atom stereocenters. The molecule has 1 fully saturated rings. The molecular formula is C21H25FN4O2. The predicted octanol–water partition coefficient (Wildman–Crippen LogP) is 2.36. The first-order valence-electron chi connectivity index (χ1n) is 9.57. The van der Waals surface area contributed by atoms with Gasteiger partial charge in [0.25, 0.3) is 0 Å². The van der Waals surface area contributed by atoms with Crippen LogP contribution in [0.4, 0.5) is 10.1 Å². The van der Waals surface area contributed by atoms with Crippen LogP contribution >= 0.6 is 0 Å². The highest BCUT2D eigenvalue weighted by Crippen LogP contribution is 2.17. The van der Waals surface area contributed by atoms with Crippen LogP contribution in [0.15, 0.2) is 48.7 Å². The van der Waals surface area contributed by atoms with Crippen molar-refractivity contribution in [3.63, 3.8) is 0 Å². The molecule has 1 aromatic carbocycles. The van der Waals surface area contributed by atoms with E-state index in [0.717, 1.165) is 24.5 Å². The Kier molecular flexibility index (Phi) is 6.94. The van der Waals surface area contributed by atoms with Gasteiger partial charge in [-0.2, -0.15) is 0 Å². The zero-order valence-electron chi connectivity index (χ0n) is 15.8. The molecule has 1 saturated heterocycles. The summed E-state index contributed by atoms with van der Waals surface area (Å²) >= 11 is 0. The number of amides is 2. The Bertz CT molecular complexity index is 775. The largest absolute Gasteiger partial charge is 0.368 e. The number of carbonyl (C=O) groups excluding carboxylic acids is 2. The van der Waals surface area contributed by atoms with Crippen molar-refractivity contribution in [2.24, 2.45) is 0 Å². The van der Waals surface area contributed by atoms with Crippen LogP contribution in [0.2, 0.25) is 0 Å². The molecule has 148 valence electrons. The molecule has 0 unspecified atom stereocenters. The molecule has 0 bridgehead atoms. The van der Waals surface area contributed by atoms with Gasteiger partial charge in [0.1, 0.15) is 5.82 Å². The maximum Gasteiger partial charge on any atom is 0.222 e. The van der Waals surface area contributed by atoms with Gasteiger partial charge in [0.05, 0.1) is 12.2 Å². The molecule has 1 aromatic heterocycles. The summed E-state index contributed by atoms with van der Waals surface area (Å²) in [6.45, 7) is 3.13. The Morgan fingerprint density at radius 2 is 1.75 bits per heavy atom. The van der Waals surface area contributed by atoms with E-state index in [9.17, 15) is 14.0 Å². The van der Waals surface area contributed by atoms with Crippen molar-refractivity contribution in [3.05, 3.63) is 60.2 Å². The number of aromatic nitrogens is 1. The number of pyridine rings is 1. The lowest BCUT2D eigenvalue weighted by atomic mass is 10.2. The normalized spacial score (nSPS) is 14.0. The average molecular weight is 384 g/mol. The lowest BCUT2D eigenvalue weighted by molar-refractivity contribution is -0.131. The second kappa shape index (κ2) is 9.82. The van der Waals surface area contributed by atoms with Gasteiger partial charge >= 0.3 is 0 Å². The van der Waals surface area contributed by atoms with Crippen molar-refractivity contribution < 1.29 is 14.0 Å². The summed E-state index contributed by atoms with van der Waals surface area (Å²) in [5, 5.41) is 2.82. The van der Waals surface area contributed by atoms with Crippen molar-refractivity contribution in [2.75, 3.05) is 31.1 Å². The van der Waals surface area contributed by atoms with Gasteiger partial charge in [-0.1, -0.05) is 6.07 Å². The summed E-state index contributed by atoms with van der Waals surface area (Å²) in [5.41, 5.74) is 1.78. The van der Waals surface area contributed by atoms with Crippen LogP contribution in [0.25, 0.3) is 0 Å². The van der Waals surface area contributed by atoms with Crippen molar-refractivity contribution in [1.29, 1.82) is 0 Å². The summed E-state index contributed by atoms with van der Waals surface area (Å²) in [6.07, 6.45) is 2.92. The number of hydrogen-bond donors (Lipinski definition) is 1. The van der Waals surface area contributed by atoms with E-state index in [2.05, 4.69) is 15.2 Å². The fourth-order valence-electron chi connectivity index (χ4n) is 3.20. The molecule has 0 spiro atoms.